The maximum atomic E-state index is 12.4. The van der Waals surface area contributed by atoms with Crippen LogP contribution in [-0.4, -0.2) is 46.6 Å². The largest absolute Gasteiger partial charge is 0.337 e. The highest BCUT2D eigenvalue weighted by Crippen LogP contribution is 2.21. The van der Waals surface area contributed by atoms with E-state index in [4.69, 9.17) is 11.6 Å². The van der Waals surface area contributed by atoms with Gasteiger partial charge in [-0.05, 0) is 18.2 Å². The Labute approximate surface area is 134 Å². The second kappa shape index (κ2) is 6.05. The first-order valence-electron chi connectivity index (χ1n) is 6.73. The van der Waals surface area contributed by atoms with Gasteiger partial charge in [-0.15, -0.1) is 4.91 Å². The van der Waals surface area contributed by atoms with Crippen molar-refractivity contribution in [2.45, 2.75) is 6.54 Å². The first-order chi connectivity index (χ1) is 10.6. The van der Waals surface area contributed by atoms with E-state index < -0.39 is 0 Å². The van der Waals surface area contributed by atoms with Gasteiger partial charge >= 0.3 is 4.87 Å². The zero-order chi connectivity index (χ0) is 15.7. The number of nitroso groups, excluding NO2 is 1. The molecular weight excluding hydrogens is 328 g/mol. The number of nitrogens with zero attached hydrogens (tertiary/aromatic N) is 4. The summed E-state index contributed by atoms with van der Waals surface area (Å²) in [5.41, 5.74) is 0.670. The van der Waals surface area contributed by atoms with Crippen LogP contribution in [0.5, 0.6) is 0 Å². The van der Waals surface area contributed by atoms with Crippen LogP contribution in [0.1, 0.15) is 0 Å². The number of rotatable bonds is 3. The van der Waals surface area contributed by atoms with Crippen molar-refractivity contribution >= 4 is 39.1 Å². The Morgan fingerprint density at radius 3 is 2.68 bits per heavy atom. The zero-order valence-corrected chi connectivity index (χ0v) is 13.1. The number of carbonyl (C=O) groups excluding carboxylic acids is 1. The number of benzene rings is 1. The molecule has 9 heteroatoms. The standard InChI is InChI=1S/C13H13ClN4O3S/c14-9-1-2-11-10(7-9)18(13(20)22-11)8-12(19)16-3-5-17(15-21)6-4-16/h1-2,7H,3-6,8H2. The van der Waals surface area contributed by atoms with Crippen LogP contribution in [0.15, 0.2) is 28.3 Å². The molecule has 0 N–H and O–H groups in total. The third-order valence-corrected chi connectivity index (χ3v) is 4.84. The molecule has 2 heterocycles. The topological polar surface area (TPSA) is 75.0 Å². The smallest absolute Gasteiger partial charge is 0.308 e. The van der Waals surface area contributed by atoms with Gasteiger partial charge in [-0.1, -0.05) is 22.9 Å². The number of fused-ring (bicyclic) bond motifs is 1. The van der Waals surface area contributed by atoms with E-state index in [1.54, 1.807) is 23.1 Å². The summed E-state index contributed by atoms with van der Waals surface area (Å²) in [4.78, 5) is 36.3. The quantitative estimate of drug-likeness (QED) is 0.794. The van der Waals surface area contributed by atoms with Gasteiger partial charge in [-0.2, -0.15) is 0 Å². The molecule has 0 atom stereocenters. The van der Waals surface area contributed by atoms with Gasteiger partial charge in [-0.3, -0.25) is 19.2 Å². The second-order valence-electron chi connectivity index (χ2n) is 4.98. The van der Waals surface area contributed by atoms with Gasteiger partial charge in [0.25, 0.3) is 0 Å². The molecule has 0 unspecified atom stereocenters. The molecule has 116 valence electrons. The third-order valence-electron chi connectivity index (χ3n) is 3.65. The third kappa shape index (κ3) is 2.84. The molecule has 0 bridgehead atoms. The van der Waals surface area contributed by atoms with Crippen LogP contribution in [0.3, 0.4) is 0 Å². The SMILES string of the molecule is O=NN1CCN(C(=O)Cn2c(=O)sc3ccc(Cl)cc32)CC1. The number of aromatic nitrogens is 1. The Bertz CT molecular complexity index is 779. The van der Waals surface area contributed by atoms with E-state index in [1.807, 2.05) is 0 Å². The minimum atomic E-state index is -0.182. The molecule has 22 heavy (non-hydrogen) atoms. The Morgan fingerprint density at radius 1 is 1.27 bits per heavy atom. The molecule has 0 aliphatic carbocycles. The van der Waals surface area contributed by atoms with Crippen molar-refractivity contribution in [2.24, 2.45) is 5.29 Å². The van der Waals surface area contributed by atoms with E-state index in [9.17, 15) is 14.5 Å². The van der Waals surface area contributed by atoms with Gasteiger partial charge in [-0.25, -0.2) is 0 Å². The van der Waals surface area contributed by atoms with Crippen LogP contribution in [0.2, 0.25) is 5.02 Å². The van der Waals surface area contributed by atoms with E-state index >= 15 is 0 Å². The molecule has 1 aliphatic rings. The van der Waals surface area contributed by atoms with Crippen molar-refractivity contribution in [3.63, 3.8) is 0 Å². The summed E-state index contributed by atoms with van der Waals surface area (Å²) >= 11 is 7.06. The molecule has 3 rings (SSSR count). The van der Waals surface area contributed by atoms with Crippen molar-refractivity contribution < 1.29 is 4.79 Å². The Kier molecular flexibility index (Phi) is 4.12. The van der Waals surface area contributed by atoms with E-state index in [2.05, 4.69) is 5.29 Å². The summed E-state index contributed by atoms with van der Waals surface area (Å²) in [6, 6.07) is 5.19. The summed E-state index contributed by atoms with van der Waals surface area (Å²) in [7, 11) is 0. The lowest BCUT2D eigenvalue weighted by Gasteiger charge is -2.31. The van der Waals surface area contributed by atoms with Crippen LogP contribution in [0.4, 0.5) is 0 Å². The number of thiazole rings is 1. The second-order valence-corrected chi connectivity index (χ2v) is 6.41. The summed E-state index contributed by atoms with van der Waals surface area (Å²) in [5, 5.41) is 4.77. The monoisotopic (exact) mass is 340 g/mol. The maximum Gasteiger partial charge on any atom is 0.308 e. The zero-order valence-electron chi connectivity index (χ0n) is 11.6. The molecular formula is C13H13ClN4O3S. The van der Waals surface area contributed by atoms with Crippen LogP contribution in [0.25, 0.3) is 10.2 Å². The molecule has 1 aliphatic heterocycles. The number of amides is 1. The van der Waals surface area contributed by atoms with Crippen molar-refractivity contribution in [3.8, 4) is 0 Å². The molecule has 1 aromatic heterocycles. The highest BCUT2D eigenvalue weighted by atomic mass is 35.5. The fourth-order valence-electron chi connectivity index (χ4n) is 2.45. The molecule has 1 fully saturated rings. The van der Waals surface area contributed by atoms with E-state index in [0.29, 0.717) is 36.7 Å². The maximum absolute atomic E-state index is 12.4. The predicted octanol–water partition coefficient (Wildman–Crippen LogP) is 1.54. The summed E-state index contributed by atoms with van der Waals surface area (Å²) in [5.74, 6) is -0.146. The lowest BCUT2D eigenvalue weighted by atomic mass is 10.3. The van der Waals surface area contributed by atoms with E-state index in [0.717, 1.165) is 16.0 Å². The van der Waals surface area contributed by atoms with Gasteiger partial charge in [0.2, 0.25) is 5.91 Å². The minimum absolute atomic E-state index is 0.0201. The van der Waals surface area contributed by atoms with Gasteiger partial charge in [0, 0.05) is 18.1 Å². The lowest BCUT2D eigenvalue weighted by Crippen LogP contribution is -2.48. The summed E-state index contributed by atoms with van der Waals surface area (Å²) in [6.07, 6.45) is 0. The van der Waals surface area contributed by atoms with Gasteiger partial charge in [0.1, 0.15) is 6.54 Å². The highest BCUT2D eigenvalue weighted by Gasteiger charge is 2.22. The number of hydrogen-bond donors (Lipinski definition) is 0. The van der Waals surface area contributed by atoms with Crippen molar-refractivity contribution in [3.05, 3.63) is 37.8 Å². The first-order valence-corrected chi connectivity index (χ1v) is 7.93. The predicted molar refractivity (Wildman–Crippen MR) is 85.0 cm³/mol. The summed E-state index contributed by atoms with van der Waals surface area (Å²) < 4.78 is 2.25. The first kappa shape index (κ1) is 15.0. The number of piperazine rings is 1. The van der Waals surface area contributed by atoms with Crippen LogP contribution >= 0.6 is 22.9 Å². The molecule has 2 aromatic rings. The molecule has 1 aromatic carbocycles. The van der Waals surface area contributed by atoms with Gasteiger partial charge < -0.3 is 4.90 Å². The van der Waals surface area contributed by atoms with Crippen LogP contribution in [0, 0.1) is 4.91 Å². The van der Waals surface area contributed by atoms with E-state index in [1.165, 1.54) is 9.58 Å². The number of hydrogen-bond acceptors (Lipinski definition) is 5. The molecule has 0 saturated carbocycles. The summed E-state index contributed by atoms with van der Waals surface area (Å²) in [6.45, 7) is 1.68. The fraction of sp³-hybridized carbons (Fsp3) is 0.385. The average Bonchev–Trinajstić information content (AvgIpc) is 2.83. The minimum Gasteiger partial charge on any atom is -0.337 e. The Balaban J connectivity index is 1.80. The van der Waals surface area contributed by atoms with Crippen LogP contribution in [-0.2, 0) is 11.3 Å². The number of halogens is 1. The highest BCUT2D eigenvalue weighted by molar-refractivity contribution is 7.16. The van der Waals surface area contributed by atoms with Crippen LogP contribution < -0.4 is 4.87 Å². The fourth-order valence-corrected chi connectivity index (χ4v) is 3.48. The molecule has 1 amide bonds. The van der Waals surface area contributed by atoms with Crippen molar-refractivity contribution in [2.75, 3.05) is 26.2 Å². The Hall–Kier alpha value is -1.93. The number of carbonyl (C=O) groups is 1. The van der Waals surface area contributed by atoms with E-state index in [-0.39, 0.29) is 17.3 Å². The average molecular weight is 341 g/mol. The molecule has 0 spiro atoms. The normalized spacial score (nSPS) is 15.3. The molecule has 1 saturated heterocycles. The van der Waals surface area contributed by atoms with Gasteiger partial charge in [0.05, 0.1) is 28.6 Å². The molecule has 0 radical (unpaired) electrons. The Morgan fingerprint density at radius 2 is 2.00 bits per heavy atom. The van der Waals surface area contributed by atoms with Gasteiger partial charge in [0.15, 0.2) is 0 Å². The van der Waals surface area contributed by atoms with Crippen molar-refractivity contribution in [1.29, 1.82) is 0 Å². The molecule has 7 nitrogen and oxygen atoms in total. The van der Waals surface area contributed by atoms with Crippen molar-refractivity contribution in [1.82, 2.24) is 14.5 Å². The lowest BCUT2D eigenvalue weighted by molar-refractivity contribution is -0.133.